The maximum Gasteiger partial charge on any atom is 0.412 e. The molecule has 5 aliphatic carbocycles. The summed E-state index contributed by atoms with van der Waals surface area (Å²) in [6, 6.07) is 12.9. The van der Waals surface area contributed by atoms with E-state index in [0.717, 1.165) is 4.57 Å². The first-order valence-electron chi connectivity index (χ1n) is 23.3. The fourth-order valence-corrected chi connectivity index (χ4v) is 6.61. The molecule has 5 aromatic rings. The summed E-state index contributed by atoms with van der Waals surface area (Å²) in [6.07, 6.45) is 3.98. The number of amides is 1. The maximum atomic E-state index is 13.0. The van der Waals surface area contributed by atoms with E-state index in [2.05, 4.69) is 19.2 Å². The summed E-state index contributed by atoms with van der Waals surface area (Å²) < 4.78 is 85.7. The van der Waals surface area contributed by atoms with E-state index < -0.39 is 101 Å². The third-order valence-corrected chi connectivity index (χ3v) is 11.3. The molecule has 0 spiro atoms. The Morgan fingerprint density at radius 1 is 0.590 bits per heavy atom. The molecule has 28 heteroatoms. The van der Waals surface area contributed by atoms with Gasteiger partial charge in [-0.15, -0.1) is 24.8 Å². The Hall–Kier alpha value is -7.58. The molecule has 0 aromatic carbocycles. The van der Waals surface area contributed by atoms with Gasteiger partial charge in [0.25, 0.3) is 22.2 Å². The molecule has 21 nitrogen and oxygen atoms in total. The highest BCUT2D eigenvalue weighted by Crippen LogP contribution is 2.39. The van der Waals surface area contributed by atoms with E-state index >= 15 is 0 Å². The molecule has 4 unspecified atom stereocenters. The number of nitrogens with zero attached hydrogens (tertiary/aromatic N) is 4. The minimum absolute atomic E-state index is 0. The van der Waals surface area contributed by atoms with Crippen molar-refractivity contribution in [1.82, 2.24) is 18.3 Å². The molecule has 1 amide bonds. The number of hydrogen-bond donors (Lipinski definition) is 4. The number of esters is 2. The number of carbonyl (C=O) groups excluding carboxylic acids is 3. The van der Waals surface area contributed by atoms with Gasteiger partial charge in [0.2, 0.25) is 0 Å². The van der Waals surface area contributed by atoms with Crippen LogP contribution < -0.4 is 44.6 Å². The smallest absolute Gasteiger partial charge is 0.412 e. The Morgan fingerprint density at radius 3 is 1.33 bits per heavy atom. The molecular weight excluding hydrogens is 1090 g/mol. The van der Waals surface area contributed by atoms with Crippen LogP contribution >= 0.6 is 24.8 Å². The second-order valence-electron chi connectivity index (χ2n) is 18.5. The van der Waals surface area contributed by atoms with Gasteiger partial charge in [0, 0.05) is 56.5 Å². The lowest BCUT2D eigenvalue weighted by Gasteiger charge is -2.19. The normalized spacial score (nSPS) is 22.9. The predicted molar refractivity (Wildman–Crippen MR) is 278 cm³/mol. The lowest BCUT2D eigenvalue weighted by atomic mass is 10.2. The maximum absolute atomic E-state index is 13.0. The largest absolute Gasteiger partial charge is 0.477 e. The number of nitrogens with two attached hydrogens (primary N) is 2. The molecule has 0 saturated heterocycles. The van der Waals surface area contributed by atoms with E-state index in [1.807, 2.05) is 0 Å². The second kappa shape index (κ2) is 28.2. The fraction of sp³-hybridized carbons (Fsp3) is 0.420. The third-order valence-electron chi connectivity index (χ3n) is 11.3. The molecule has 0 aliphatic heterocycles. The van der Waals surface area contributed by atoms with Crippen LogP contribution in [0.15, 0.2) is 120 Å². The van der Waals surface area contributed by atoms with Gasteiger partial charge in [-0.05, 0) is 87.9 Å². The summed E-state index contributed by atoms with van der Waals surface area (Å²) >= 11 is 0. The van der Waals surface area contributed by atoms with Crippen LogP contribution in [0.25, 0.3) is 0 Å². The number of anilines is 2. The predicted octanol–water partition coefficient (Wildman–Crippen LogP) is 6.26. The van der Waals surface area contributed by atoms with Crippen molar-refractivity contribution in [1.29, 1.82) is 0 Å². The van der Waals surface area contributed by atoms with E-state index in [1.165, 1.54) is 95.2 Å². The number of aromatic carboxylic acids is 1. The van der Waals surface area contributed by atoms with Crippen molar-refractivity contribution in [2.75, 3.05) is 25.3 Å². The third kappa shape index (κ3) is 18.3. The minimum atomic E-state index is -1.28. The van der Waals surface area contributed by atoms with E-state index in [-0.39, 0.29) is 70.5 Å². The van der Waals surface area contributed by atoms with Crippen LogP contribution in [-0.4, -0.2) is 104 Å². The minimum Gasteiger partial charge on any atom is -0.477 e. The number of carboxylic acid groups (broad SMARTS) is 1. The number of halogens is 7. The van der Waals surface area contributed by atoms with Gasteiger partial charge in [0.15, 0.2) is 0 Å². The molecular formula is C50H58Cl2F5N7O14. The number of aromatic nitrogens is 4. The molecule has 0 bridgehead atoms. The topological polar surface area (TPSA) is 298 Å². The van der Waals surface area contributed by atoms with Gasteiger partial charge in [0.1, 0.15) is 58.8 Å². The molecule has 78 heavy (non-hydrogen) atoms. The van der Waals surface area contributed by atoms with Gasteiger partial charge in [-0.25, -0.2) is 45.9 Å². The highest BCUT2D eigenvalue weighted by molar-refractivity contribution is 5.89. The highest BCUT2D eigenvalue weighted by Gasteiger charge is 2.42. The summed E-state index contributed by atoms with van der Waals surface area (Å²) in [6.45, 7) is 5.19. The number of nitrogens with one attached hydrogen (secondary N) is 1. The van der Waals surface area contributed by atoms with Gasteiger partial charge in [0.05, 0.1) is 50.3 Å². The van der Waals surface area contributed by atoms with Crippen molar-refractivity contribution in [2.24, 2.45) is 5.73 Å². The number of nitrogen functional groups attached to an aromatic ring is 1. The van der Waals surface area contributed by atoms with Crippen LogP contribution in [0.1, 0.15) is 108 Å². The molecule has 0 radical (unpaired) electrons. The molecule has 6 N–H and O–H groups in total. The van der Waals surface area contributed by atoms with E-state index in [4.69, 9.17) is 21.3 Å². The van der Waals surface area contributed by atoms with Crippen molar-refractivity contribution >= 4 is 60.2 Å². The number of ether oxygens (including phenoxy) is 3. The lowest BCUT2D eigenvalue weighted by molar-refractivity contribution is 0.0587. The summed E-state index contributed by atoms with van der Waals surface area (Å²) in [5.74, 6) is -2.65. The summed E-state index contributed by atoms with van der Waals surface area (Å²) in [5, 5.41) is 11.0. The Kier molecular flexibility index (Phi) is 23.4. The SMILES string of the molecule is CC(C)(C)OC(=O)Nc1cccn(C2C[C@H]2F)c1=O.COC(=O)c1cccn(C2C[C@H]2F)c1=O.COC(=O)c1cccoc1=O.Cl.Cl.N[C@@H]1C[C@H]1F.Nc1cccn(C2C[C@H]2F)c1=O.O=C(O)c1cccn(C2C[C@H]2F)c1=O. The number of alkyl halides is 5. The Labute approximate surface area is 452 Å². The molecule has 5 saturated carbocycles. The first-order chi connectivity index (χ1) is 35.8. The first-order valence-corrected chi connectivity index (χ1v) is 23.3. The summed E-state index contributed by atoms with van der Waals surface area (Å²) in [5.41, 5.74) is 7.03. The molecule has 5 aromatic heterocycles. The van der Waals surface area contributed by atoms with Crippen molar-refractivity contribution < 1.29 is 64.9 Å². The second-order valence-corrected chi connectivity index (χ2v) is 18.5. The Balaban J connectivity index is 0.000000251. The number of rotatable bonds is 8. The van der Waals surface area contributed by atoms with E-state index in [9.17, 15) is 65.1 Å². The zero-order valence-corrected chi connectivity index (χ0v) is 44.0. The van der Waals surface area contributed by atoms with Crippen molar-refractivity contribution in [3.05, 3.63) is 160 Å². The van der Waals surface area contributed by atoms with Crippen molar-refractivity contribution in [3.63, 3.8) is 0 Å². The van der Waals surface area contributed by atoms with Crippen LogP contribution in [0, 0.1) is 0 Å². The monoisotopic (exact) mass is 1150 g/mol. The van der Waals surface area contributed by atoms with Gasteiger partial charge >= 0.3 is 29.6 Å². The van der Waals surface area contributed by atoms with Gasteiger partial charge in [-0.1, -0.05) is 0 Å². The summed E-state index contributed by atoms with van der Waals surface area (Å²) in [7, 11) is 2.41. The number of methoxy groups -OCH3 is 2. The fourth-order valence-electron chi connectivity index (χ4n) is 6.61. The summed E-state index contributed by atoms with van der Waals surface area (Å²) in [4.78, 5) is 101. The molecule has 426 valence electrons. The van der Waals surface area contributed by atoms with Gasteiger partial charge < -0.3 is 53.5 Å². The van der Waals surface area contributed by atoms with Gasteiger partial charge in [-0.2, -0.15) is 0 Å². The average molecular weight is 1150 g/mol. The van der Waals surface area contributed by atoms with Crippen LogP contribution in [-0.2, 0) is 14.2 Å². The molecule has 10 atom stereocenters. The molecule has 5 fully saturated rings. The van der Waals surface area contributed by atoms with Crippen LogP contribution in [0.5, 0.6) is 0 Å². The average Bonchev–Trinajstić information content (AvgIpc) is 4.08. The van der Waals surface area contributed by atoms with Crippen molar-refractivity contribution in [2.45, 2.75) is 120 Å². The van der Waals surface area contributed by atoms with Crippen molar-refractivity contribution in [3.8, 4) is 0 Å². The zero-order valence-electron chi connectivity index (χ0n) is 42.4. The van der Waals surface area contributed by atoms with Crippen LogP contribution in [0.4, 0.5) is 38.1 Å². The number of carbonyl (C=O) groups is 4. The van der Waals surface area contributed by atoms with Crippen LogP contribution in [0.2, 0.25) is 0 Å². The van der Waals surface area contributed by atoms with Gasteiger partial charge in [-0.3, -0.25) is 24.5 Å². The van der Waals surface area contributed by atoms with Crippen LogP contribution in [0.3, 0.4) is 0 Å². The number of hydrogen-bond acceptors (Lipinski definition) is 15. The molecule has 10 rings (SSSR count). The molecule has 5 aliphatic rings. The molecule has 5 heterocycles. The lowest BCUT2D eigenvalue weighted by Crippen LogP contribution is -2.30. The standard InChI is InChI=1S/C13H17FN2O3.C10H10FNO3.C9H8FNO3.C8H9FN2O.C7H6O4.C3H6FN.2ClH/c1-13(2,3)19-12(18)15-9-5-4-6-16(11(9)17)10-7-8(10)14;1-15-10(14)6-3-2-4-12(9(6)13)8-5-7(8)11;10-6-4-7(6)11-3-1-2-5(8(11)12)9(13)14;9-5-4-7(5)11-3-1-2-6(10)8(11)12;1-10-6(8)5-3-2-4-11-7(5)9;4-2-1-3(2)5;;/h4-6,8,10H,7H2,1-3H3,(H,15,18);2-4,7-8H,5H2,1H3;1-3,6-7H,4H2,(H,13,14);1-3,5,7H,4,10H2;2-4H,1H3;2-3H,1,5H2;2*1H/t8-,10?;7-,8?;6-,7?;5-,7?;;2-,3-;;/m1111.1../s1. The number of pyridine rings is 4. The van der Waals surface area contributed by atoms with E-state index in [0.29, 0.717) is 32.1 Å². The highest BCUT2D eigenvalue weighted by atomic mass is 35.5. The Bertz CT molecular complexity index is 3200. The Morgan fingerprint density at radius 2 is 0.949 bits per heavy atom. The van der Waals surface area contributed by atoms with E-state index in [1.54, 1.807) is 45.2 Å². The first kappa shape index (κ1) is 64.7. The number of carboxylic acids is 1. The zero-order chi connectivity index (χ0) is 56.3. The quantitative estimate of drug-likeness (QED) is 0.0757.